The minimum atomic E-state index is -0.147. The van der Waals surface area contributed by atoms with Crippen molar-refractivity contribution in [3.63, 3.8) is 0 Å². The molecule has 1 fully saturated rings. The second kappa shape index (κ2) is 9.54. The van der Waals surface area contributed by atoms with Gasteiger partial charge in [-0.3, -0.25) is 4.79 Å². The number of urea groups is 1. The largest absolute Gasteiger partial charge is 0.385 e. The molecule has 0 radical (unpaired) electrons. The van der Waals surface area contributed by atoms with Crippen molar-refractivity contribution in [3.05, 3.63) is 34.6 Å². The molecule has 8 nitrogen and oxygen atoms in total. The minimum Gasteiger partial charge on any atom is -0.385 e. The van der Waals surface area contributed by atoms with E-state index in [-0.39, 0.29) is 17.6 Å². The minimum absolute atomic E-state index is 0.0523. The quantitative estimate of drug-likeness (QED) is 0.707. The number of anilines is 1. The van der Waals surface area contributed by atoms with Gasteiger partial charge in [-0.15, -0.1) is 0 Å². The number of hydrogen-bond donors (Lipinski definition) is 2. The number of carbonyl (C=O) groups excluding carboxylic acids is 1. The summed E-state index contributed by atoms with van der Waals surface area (Å²) in [5.41, 5.74) is 1.64. The van der Waals surface area contributed by atoms with E-state index in [1.165, 1.54) is 0 Å². The topological polar surface area (TPSA) is 88.5 Å². The van der Waals surface area contributed by atoms with Crippen molar-refractivity contribution in [1.82, 2.24) is 20.2 Å². The van der Waals surface area contributed by atoms with Gasteiger partial charge in [-0.25, -0.2) is 9.78 Å². The number of ether oxygens (including phenoxy) is 1. The highest BCUT2D eigenvalue weighted by atomic mass is 16.5. The Morgan fingerprint density at radius 3 is 2.75 bits per heavy atom. The second-order valence-electron chi connectivity index (χ2n) is 6.98. The summed E-state index contributed by atoms with van der Waals surface area (Å²) in [5.74, 6) is 0.503. The lowest BCUT2D eigenvalue weighted by Crippen LogP contribution is -2.49. The number of nitrogens with one attached hydrogen (secondary N) is 2. The molecule has 28 heavy (non-hydrogen) atoms. The molecule has 0 saturated carbocycles. The Bertz CT molecular complexity index is 859. The number of para-hydroxylation sites is 2. The van der Waals surface area contributed by atoms with E-state index in [4.69, 9.17) is 4.74 Å². The van der Waals surface area contributed by atoms with Crippen molar-refractivity contribution in [2.24, 2.45) is 0 Å². The first-order valence-corrected chi connectivity index (χ1v) is 9.92. The Morgan fingerprint density at radius 2 is 2.04 bits per heavy atom. The van der Waals surface area contributed by atoms with Gasteiger partial charge in [0, 0.05) is 45.9 Å². The molecule has 2 heterocycles. The zero-order valence-electron chi connectivity index (χ0n) is 16.6. The number of fused-ring (bicyclic) bond motifs is 1. The van der Waals surface area contributed by atoms with Crippen LogP contribution in [0.4, 0.5) is 10.6 Å². The number of nitrogens with zero attached hydrogens (tertiary/aromatic N) is 3. The molecular weight excluding hydrogens is 358 g/mol. The van der Waals surface area contributed by atoms with Gasteiger partial charge < -0.3 is 24.8 Å². The average Bonchev–Trinajstić information content (AvgIpc) is 2.71. The molecule has 2 amide bonds. The van der Waals surface area contributed by atoms with Crippen LogP contribution >= 0.6 is 0 Å². The molecule has 0 spiro atoms. The molecule has 1 aliphatic rings. The molecule has 2 aromatic rings. The zero-order valence-corrected chi connectivity index (χ0v) is 16.6. The van der Waals surface area contributed by atoms with Crippen LogP contribution in [0.2, 0.25) is 0 Å². The first kappa shape index (κ1) is 20.1. The van der Waals surface area contributed by atoms with Gasteiger partial charge in [0.05, 0.1) is 11.0 Å². The van der Waals surface area contributed by atoms with Crippen LogP contribution in [0.25, 0.3) is 11.0 Å². The van der Waals surface area contributed by atoms with Crippen LogP contribution in [0.1, 0.15) is 26.2 Å². The van der Waals surface area contributed by atoms with E-state index < -0.39 is 0 Å². The highest BCUT2D eigenvalue weighted by molar-refractivity contribution is 5.76. The van der Waals surface area contributed by atoms with Crippen LogP contribution < -0.4 is 21.1 Å². The first-order chi connectivity index (χ1) is 13.6. The summed E-state index contributed by atoms with van der Waals surface area (Å²) < 4.78 is 6.74. The van der Waals surface area contributed by atoms with Gasteiger partial charge in [0.25, 0.3) is 5.56 Å². The van der Waals surface area contributed by atoms with Crippen LogP contribution in [-0.4, -0.2) is 55.0 Å². The van der Waals surface area contributed by atoms with Crippen molar-refractivity contribution < 1.29 is 9.53 Å². The highest BCUT2D eigenvalue weighted by Crippen LogP contribution is 2.18. The van der Waals surface area contributed by atoms with Gasteiger partial charge in [0.15, 0.2) is 5.82 Å². The molecule has 1 saturated heterocycles. The van der Waals surface area contributed by atoms with Crippen molar-refractivity contribution in [2.75, 3.05) is 38.3 Å². The van der Waals surface area contributed by atoms with E-state index in [2.05, 4.69) is 15.6 Å². The third-order valence-corrected chi connectivity index (χ3v) is 5.09. The SMILES string of the molecule is CCn1c(=O)c(N2CCC(NC(=O)NCCCOC)CC2)nc2ccccc21. The molecule has 1 aromatic carbocycles. The van der Waals surface area contributed by atoms with Crippen LogP contribution in [0.3, 0.4) is 0 Å². The number of methoxy groups -OCH3 is 1. The maximum Gasteiger partial charge on any atom is 0.315 e. The van der Waals surface area contributed by atoms with Crippen molar-refractivity contribution in [1.29, 1.82) is 0 Å². The summed E-state index contributed by atoms with van der Waals surface area (Å²) in [6.07, 6.45) is 2.36. The van der Waals surface area contributed by atoms with E-state index in [0.717, 1.165) is 30.3 Å². The summed E-state index contributed by atoms with van der Waals surface area (Å²) in [6, 6.07) is 7.68. The third-order valence-electron chi connectivity index (χ3n) is 5.09. The number of piperidine rings is 1. The zero-order chi connectivity index (χ0) is 19.9. The number of aromatic nitrogens is 2. The summed E-state index contributed by atoms with van der Waals surface area (Å²) in [7, 11) is 1.65. The predicted molar refractivity (Wildman–Crippen MR) is 110 cm³/mol. The number of benzene rings is 1. The number of hydrogen-bond acceptors (Lipinski definition) is 5. The smallest absolute Gasteiger partial charge is 0.315 e. The van der Waals surface area contributed by atoms with Crippen LogP contribution in [0.5, 0.6) is 0 Å². The molecule has 0 aliphatic carbocycles. The number of amides is 2. The van der Waals surface area contributed by atoms with E-state index in [0.29, 0.717) is 38.6 Å². The molecule has 3 rings (SSSR count). The predicted octanol–water partition coefficient (Wildman–Crippen LogP) is 1.72. The first-order valence-electron chi connectivity index (χ1n) is 9.92. The van der Waals surface area contributed by atoms with Crippen molar-refractivity contribution >= 4 is 22.9 Å². The molecule has 0 bridgehead atoms. The number of aryl methyl sites for hydroxylation is 1. The third kappa shape index (κ3) is 4.62. The monoisotopic (exact) mass is 387 g/mol. The number of rotatable bonds is 7. The summed E-state index contributed by atoms with van der Waals surface area (Å²) in [4.78, 5) is 31.5. The van der Waals surface area contributed by atoms with Gasteiger partial charge in [-0.05, 0) is 38.3 Å². The fourth-order valence-corrected chi connectivity index (χ4v) is 3.59. The molecule has 8 heteroatoms. The molecule has 152 valence electrons. The van der Waals surface area contributed by atoms with Gasteiger partial charge in [0.2, 0.25) is 0 Å². The second-order valence-corrected chi connectivity index (χ2v) is 6.98. The maximum atomic E-state index is 12.9. The fourth-order valence-electron chi connectivity index (χ4n) is 3.59. The molecule has 1 aromatic heterocycles. The van der Waals surface area contributed by atoms with Crippen molar-refractivity contribution in [2.45, 2.75) is 38.8 Å². The summed E-state index contributed by atoms with van der Waals surface area (Å²) in [6.45, 7) is 5.19. The molecule has 2 N–H and O–H groups in total. The molecule has 0 unspecified atom stereocenters. The van der Waals surface area contributed by atoms with E-state index in [9.17, 15) is 9.59 Å². The van der Waals surface area contributed by atoms with Gasteiger partial charge in [0.1, 0.15) is 0 Å². The lowest BCUT2D eigenvalue weighted by molar-refractivity contribution is 0.193. The average molecular weight is 387 g/mol. The van der Waals surface area contributed by atoms with E-state index in [1.54, 1.807) is 11.7 Å². The van der Waals surface area contributed by atoms with Gasteiger partial charge in [-0.2, -0.15) is 0 Å². The van der Waals surface area contributed by atoms with E-state index in [1.807, 2.05) is 36.1 Å². The Balaban J connectivity index is 1.61. The Hall–Kier alpha value is -2.61. The molecule has 1 aliphatic heterocycles. The fraction of sp³-hybridized carbons (Fsp3) is 0.550. The lowest BCUT2D eigenvalue weighted by Gasteiger charge is -2.33. The highest BCUT2D eigenvalue weighted by Gasteiger charge is 2.24. The van der Waals surface area contributed by atoms with Gasteiger partial charge in [-0.1, -0.05) is 12.1 Å². The Labute approximate surface area is 164 Å². The van der Waals surface area contributed by atoms with Crippen LogP contribution in [0, 0.1) is 0 Å². The molecule has 0 atom stereocenters. The standard InChI is InChI=1S/C20H29N5O3/c1-3-25-17-8-5-4-7-16(17)23-18(19(25)26)24-12-9-15(10-13-24)22-20(27)21-11-6-14-28-2/h4-5,7-8,15H,3,6,9-14H2,1-2H3,(H2,21,22,27). The van der Waals surface area contributed by atoms with Gasteiger partial charge >= 0.3 is 6.03 Å². The maximum absolute atomic E-state index is 12.9. The van der Waals surface area contributed by atoms with Crippen molar-refractivity contribution in [3.8, 4) is 0 Å². The Morgan fingerprint density at radius 1 is 1.29 bits per heavy atom. The normalized spacial score (nSPS) is 15.0. The molecular formula is C20H29N5O3. The summed E-state index contributed by atoms with van der Waals surface area (Å²) in [5, 5.41) is 5.86. The lowest BCUT2D eigenvalue weighted by atomic mass is 10.1. The van der Waals surface area contributed by atoms with Crippen LogP contribution in [0.15, 0.2) is 29.1 Å². The van der Waals surface area contributed by atoms with E-state index >= 15 is 0 Å². The number of carbonyl (C=O) groups is 1. The van der Waals surface area contributed by atoms with Crippen LogP contribution in [-0.2, 0) is 11.3 Å². The Kier molecular flexibility index (Phi) is 6.86. The summed E-state index contributed by atoms with van der Waals surface area (Å²) >= 11 is 0.